The van der Waals surface area contributed by atoms with Gasteiger partial charge in [-0.25, -0.2) is 9.78 Å². The van der Waals surface area contributed by atoms with Gasteiger partial charge in [0, 0.05) is 43.8 Å². The highest BCUT2D eigenvalue weighted by Crippen LogP contribution is 2.24. The van der Waals surface area contributed by atoms with Gasteiger partial charge < -0.3 is 19.7 Å². The number of imidazole rings is 1. The molecule has 1 N–H and O–H groups in total. The third-order valence-corrected chi connectivity index (χ3v) is 6.42. The summed E-state index contributed by atoms with van der Waals surface area (Å²) in [6, 6.07) is 23.0. The van der Waals surface area contributed by atoms with Crippen LogP contribution in [0, 0.1) is 6.92 Å². The molecule has 0 radical (unpaired) electrons. The average Bonchev–Trinajstić information content (AvgIpc) is 3.30. The molecule has 6 nitrogen and oxygen atoms in total. The lowest BCUT2D eigenvalue weighted by Gasteiger charge is -2.36. The summed E-state index contributed by atoms with van der Waals surface area (Å²) in [4.78, 5) is 21.5. The minimum absolute atomic E-state index is 0.000842. The second kappa shape index (κ2) is 8.98. The van der Waals surface area contributed by atoms with Crippen molar-refractivity contribution in [2.45, 2.75) is 19.9 Å². The van der Waals surface area contributed by atoms with Crippen LogP contribution in [0.25, 0.3) is 16.5 Å². The monoisotopic (exact) mass is 439 g/mol. The Morgan fingerprint density at radius 1 is 0.909 bits per heavy atom. The maximum Gasteiger partial charge on any atom is 0.317 e. The van der Waals surface area contributed by atoms with Crippen LogP contribution in [0.1, 0.15) is 24.2 Å². The fourth-order valence-corrected chi connectivity index (χ4v) is 4.55. The van der Waals surface area contributed by atoms with Crippen molar-refractivity contribution in [1.29, 1.82) is 0 Å². The van der Waals surface area contributed by atoms with Crippen LogP contribution in [-0.2, 0) is 0 Å². The van der Waals surface area contributed by atoms with Crippen LogP contribution in [0.2, 0.25) is 0 Å². The quantitative estimate of drug-likeness (QED) is 0.491. The number of piperazine rings is 1. The number of benzene rings is 3. The third kappa shape index (κ3) is 4.42. The van der Waals surface area contributed by atoms with Crippen LogP contribution < -0.4 is 10.2 Å². The first-order valence-corrected chi connectivity index (χ1v) is 11.5. The van der Waals surface area contributed by atoms with E-state index in [2.05, 4.69) is 76.7 Å². The van der Waals surface area contributed by atoms with Gasteiger partial charge in [-0.1, -0.05) is 42.5 Å². The zero-order valence-corrected chi connectivity index (χ0v) is 19.1. The molecule has 0 spiro atoms. The number of aromatic nitrogens is 2. The zero-order chi connectivity index (χ0) is 22.8. The second-order valence-electron chi connectivity index (χ2n) is 8.65. The number of amides is 2. The lowest BCUT2D eigenvalue weighted by Crippen LogP contribution is -2.52. The number of carbonyl (C=O) groups is 1. The number of rotatable bonds is 4. The van der Waals surface area contributed by atoms with Crippen molar-refractivity contribution < 1.29 is 4.79 Å². The molecule has 3 aromatic carbocycles. The first-order valence-electron chi connectivity index (χ1n) is 11.5. The largest absolute Gasteiger partial charge is 0.368 e. The summed E-state index contributed by atoms with van der Waals surface area (Å²) in [6.45, 7) is 7.09. The topological polar surface area (TPSA) is 53.4 Å². The van der Waals surface area contributed by atoms with E-state index in [1.54, 1.807) is 0 Å². The molecule has 0 unspecified atom stereocenters. The van der Waals surface area contributed by atoms with Crippen molar-refractivity contribution >= 4 is 22.5 Å². The average molecular weight is 440 g/mol. The van der Waals surface area contributed by atoms with Crippen LogP contribution in [0.4, 0.5) is 10.5 Å². The second-order valence-corrected chi connectivity index (χ2v) is 8.65. The fraction of sp³-hybridized carbons (Fsp3) is 0.259. The molecule has 2 heterocycles. The normalized spacial score (nSPS) is 15.0. The summed E-state index contributed by atoms with van der Waals surface area (Å²) >= 11 is 0. The van der Waals surface area contributed by atoms with E-state index in [1.165, 1.54) is 16.5 Å². The summed E-state index contributed by atoms with van der Waals surface area (Å²) in [5, 5.41) is 5.58. The Labute approximate surface area is 194 Å². The van der Waals surface area contributed by atoms with Gasteiger partial charge in [0.05, 0.1) is 18.1 Å². The molecule has 1 aromatic heterocycles. The maximum absolute atomic E-state index is 13.0. The summed E-state index contributed by atoms with van der Waals surface area (Å²) in [5.74, 6) is 0. The van der Waals surface area contributed by atoms with E-state index in [9.17, 15) is 4.79 Å². The smallest absolute Gasteiger partial charge is 0.317 e. The molecular weight excluding hydrogens is 410 g/mol. The number of nitrogens with one attached hydrogen (secondary N) is 1. The molecule has 0 saturated carbocycles. The van der Waals surface area contributed by atoms with Crippen molar-refractivity contribution in [2.24, 2.45) is 0 Å². The van der Waals surface area contributed by atoms with Crippen LogP contribution in [0.5, 0.6) is 0 Å². The number of nitrogens with zero attached hydrogens (tertiary/aromatic N) is 4. The third-order valence-electron chi connectivity index (χ3n) is 6.42. The van der Waals surface area contributed by atoms with Crippen LogP contribution in [-0.4, -0.2) is 46.7 Å². The van der Waals surface area contributed by atoms with Crippen molar-refractivity contribution in [3.8, 4) is 5.69 Å². The molecule has 168 valence electrons. The van der Waals surface area contributed by atoms with E-state index >= 15 is 0 Å². The minimum atomic E-state index is -0.0546. The molecule has 1 saturated heterocycles. The van der Waals surface area contributed by atoms with Gasteiger partial charge in [0.1, 0.15) is 0 Å². The van der Waals surface area contributed by atoms with Gasteiger partial charge in [0.2, 0.25) is 0 Å². The first-order chi connectivity index (χ1) is 16.1. The van der Waals surface area contributed by atoms with E-state index in [0.717, 1.165) is 30.0 Å². The minimum Gasteiger partial charge on any atom is -0.368 e. The molecule has 33 heavy (non-hydrogen) atoms. The van der Waals surface area contributed by atoms with E-state index in [1.807, 2.05) is 41.0 Å². The molecular formula is C27H29N5O. The number of anilines is 1. The number of hydrogen-bond donors (Lipinski definition) is 1. The van der Waals surface area contributed by atoms with Crippen LogP contribution >= 0.6 is 0 Å². The highest BCUT2D eigenvalue weighted by atomic mass is 16.2. The fourth-order valence-electron chi connectivity index (χ4n) is 4.55. The maximum atomic E-state index is 13.0. The molecule has 0 bridgehead atoms. The molecule has 1 fully saturated rings. The zero-order valence-electron chi connectivity index (χ0n) is 19.1. The van der Waals surface area contributed by atoms with Crippen LogP contribution in [0.15, 0.2) is 79.3 Å². The predicted octanol–water partition coefficient (Wildman–Crippen LogP) is 4.93. The Morgan fingerprint density at radius 3 is 2.33 bits per heavy atom. The van der Waals surface area contributed by atoms with Gasteiger partial charge in [-0.3, -0.25) is 0 Å². The van der Waals surface area contributed by atoms with Gasteiger partial charge >= 0.3 is 6.03 Å². The highest BCUT2D eigenvalue weighted by molar-refractivity contribution is 5.86. The van der Waals surface area contributed by atoms with E-state index in [0.29, 0.717) is 13.1 Å². The van der Waals surface area contributed by atoms with Crippen molar-refractivity contribution in [3.05, 3.63) is 90.5 Å². The molecule has 6 heteroatoms. The lowest BCUT2D eigenvalue weighted by atomic mass is 10.00. The number of urea groups is 1. The van der Waals surface area contributed by atoms with Crippen LogP contribution in [0.3, 0.4) is 0 Å². The Bertz CT molecular complexity index is 1250. The highest BCUT2D eigenvalue weighted by Gasteiger charge is 2.23. The Balaban J connectivity index is 1.19. The van der Waals surface area contributed by atoms with E-state index in [4.69, 9.17) is 0 Å². The van der Waals surface area contributed by atoms with Crippen molar-refractivity contribution in [3.63, 3.8) is 0 Å². The van der Waals surface area contributed by atoms with E-state index < -0.39 is 0 Å². The molecule has 1 aliphatic heterocycles. The molecule has 2 amide bonds. The summed E-state index contributed by atoms with van der Waals surface area (Å²) in [6.07, 6.45) is 3.85. The number of carbonyl (C=O) groups excluding carboxylic acids is 1. The summed E-state index contributed by atoms with van der Waals surface area (Å²) in [7, 11) is 0. The first kappa shape index (κ1) is 21.1. The number of fused-ring (bicyclic) bond motifs is 1. The van der Waals surface area contributed by atoms with E-state index in [-0.39, 0.29) is 12.1 Å². The summed E-state index contributed by atoms with van der Waals surface area (Å²) in [5.41, 5.74) is 4.43. The Hall–Kier alpha value is -3.80. The SMILES string of the molecule is Cc1cn(-c2ccc(N3CCN(C(=O)N[C@H](C)c4cccc5ccccc45)CC3)cc2)cn1. The van der Waals surface area contributed by atoms with Gasteiger partial charge in [-0.15, -0.1) is 0 Å². The predicted molar refractivity (Wildman–Crippen MR) is 133 cm³/mol. The number of hydrogen-bond acceptors (Lipinski definition) is 3. The molecule has 0 aliphatic carbocycles. The van der Waals surface area contributed by atoms with Crippen molar-refractivity contribution in [1.82, 2.24) is 19.8 Å². The van der Waals surface area contributed by atoms with Gasteiger partial charge in [0.15, 0.2) is 0 Å². The molecule has 1 aliphatic rings. The molecule has 5 rings (SSSR count). The van der Waals surface area contributed by atoms with Gasteiger partial charge in [-0.2, -0.15) is 0 Å². The molecule has 4 aromatic rings. The number of aryl methyl sites for hydroxylation is 1. The standard InChI is InChI=1S/C27H29N5O/c1-20-18-32(19-28-20)24-12-10-23(11-13-24)30-14-16-31(17-15-30)27(33)29-21(2)25-9-5-7-22-6-3-4-8-26(22)25/h3-13,18-19,21H,14-17H2,1-2H3,(H,29,33)/t21-/m1/s1. The van der Waals surface area contributed by atoms with Gasteiger partial charge in [-0.05, 0) is 54.4 Å². The molecule has 1 atom stereocenters. The Morgan fingerprint density at radius 2 is 1.61 bits per heavy atom. The lowest BCUT2D eigenvalue weighted by molar-refractivity contribution is 0.191. The Kier molecular flexibility index (Phi) is 5.73. The van der Waals surface area contributed by atoms with Crippen molar-refractivity contribution in [2.75, 3.05) is 31.1 Å². The summed E-state index contributed by atoms with van der Waals surface area (Å²) < 4.78 is 2.03. The van der Waals surface area contributed by atoms with Gasteiger partial charge in [0.25, 0.3) is 0 Å².